The minimum atomic E-state index is -3.87. The van der Waals surface area contributed by atoms with E-state index in [1.165, 1.54) is 12.1 Å². The molecule has 0 unspecified atom stereocenters. The van der Waals surface area contributed by atoms with Gasteiger partial charge in [-0.3, -0.25) is 4.79 Å². The van der Waals surface area contributed by atoms with Gasteiger partial charge in [-0.15, -0.1) is 0 Å². The molecule has 0 saturated heterocycles. The normalized spacial score (nSPS) is 23.0. The molecule has 2 rings (SSSR count). The highest BCUT2D eigenvalue weighted by atomic mass is 32.2. The molecule has 1 fully saturated rings. The first-order chi connectivity index (χ1) is 14.1. The summed E-state index contributed by atoms with van der Waals surface area (Å²) < 4.78 is 49.4. The first-order valence-electron chi connectivity index (χ1n) is 10.8. The molecule has 1 aromatic carbocycles. The summed E-state index contributed by atoms with van der Waals surface area (Å²) >= 11 is 0. The summed E-state index contributed by atoms with van der Waals surface area (Å²) in [4.78, 5) is 10.7. The van der Waals surface area contributed by atoms with Gasteiger partial charge >= 0.3 is 5.97 Å². The standard InChI is InChI=1S/C22H36FNO5SSi/c1-15-7-9-17(29-31(5,6)22(2,3)4)14-20(15)24-30(27,28)18-10-11-19(23)16(13-18)8-12-21(25)26/h10-11,13,15,17,20,24H,7-9,12,14H2,1-6H3,(H,25,26)/t15-,17-,20-/m1/s1. The van der Waals surface area contributed by atoms with Crippen LogP contribution in [0.25, 0.3) is 0 Å². The number of benzene rings is 1. The SMILES string of the molecule is C[C@@H]1CC[C@@H](O[Si](C)(C)C(C)(C)C)C[C@H]1NS(=O)(=O)c1ccc(F)c(CCC(=O)O)c1. The second kappa shape index (κ2) is 9.68. The van der Waals surface area contributed by atoms with E-state index in [9.17, 15) is 17.6 Å². The molecule has 1 aliphatic rings. The zero-order valence-corrected chi connectivity index (χ0v) is 21.2. The molecule has 1 saturated carbocycles. The number of halogens is 1. The van der Waals surface area contributed by atoms with E-state index in [4.69, 9.17) is 9.53 Å². The molecule has 0 aliphatic heterocycles. The van der Waals surface area contributed by atoms with Crippen LogP contribution < -0.4 is 4.72 Å². The molecule has 3 atom stereocenters. The zero-order valence-electron chi connectivity index (χ0n) is 19.4. The van der Waals surface area contributed by atoms with Gasteiger partial charge in [0.1, 0.15) is 5.82 Å². The van der Waals surface area contributed by atoms with Crippen molar-refractivity contribution in [1.29, 1.82) is 0 Å². The number of nitrogens with one attached hydrogen (secondary N) is 1. The van der Waals surface area contributed by atoms with Crippen LogP contribution in [0.4, 0.5) is 4.39 Å². The number of sulfonamides is 1. The van der Waals surface area contributed by atoms with Gasteiger partial charge in [-0.1, -0.05) is 27.7 Å². The molecule has 0 spiro atoms. The van der Waals surface area contributed by atoms with Crippen LogP contribution in [0.1, 0.15) is 58.9 Å². The third kappa shape index (κ3) is 6.84. The third-order valence-electron chi connectivity index (χ3n) is 6.66. The highest BCUT2D eigenvalue weighted by Gasteiger charge is 2.41. The molecule has 0 radical (unpaired) electrons. The molecule has 0 bridgehead atoms. The number of carbonyl (C=O) groups is 1. The number of carboxylic acid groups (broad SMARTS) is 1. The zero-order chi connectivity index (χ0) is 23.6. The van der Waals surface area contributed by atoms with Crippen LogP contribution in [0.5, 0.6) is 0 Å². The average molecular weight is 474 g/mol. The molecule has 6 nitrogen and oxygen atoms in total. The second-order valence-electron chi connectivity index (χ2n) is 10.2. The average Bonchev–Trinajstić information content (AvgIpc) is 2.62. The Morgan fingerprint density at radius 3 is 2.52 bits per heavy atom. The van der Waals surface area contributed by atoms with E-state index >= 15 is 0 Å². The van der Waals surface area contributed by atoms with Crippen molar-refractivity contribution >= 4 is 24.3 Å². The monoisotopic (exact) mass is 473 g/mol. The fourth-order valence-electron chi connectivity index (χ4n) is 3.57. The van der Waals surface area contributed by atoms with Crippen molar-refractivity contribution in [2.75, 3.05) is 0 Å². The summed E-state index contributed by atoms with van der Waals surface area (Å²) in [6.45, 7) is 13.0. The molecular formula is C22H36FNO5SSi. The first kappa shape index (κ1) is 26.0. The molecule has 2 N–H and O–H groups in total. The van der Waals surface area contributed by atoms with E-state index in [0.717, 1.165) is 18.9 Å². The van der Waals surface area contributed by atoms with Crippen molar-refractivity contribution in [3.8, 4) is 0 Å². The Bertz CT molecular complexity index is 898. The lowest BCUT2D eigenvalue weighted by molar-refractivity contribution is -0.136. The summed E-state index contributed by atoms with van der Waals surface area (Å²) in [5.41, 5.74) is 0.0844. The van der Waals surface area contributed by atoms with Crippen molar-refractivity contribution in [3.05, 3.63) is 29.6 Å². The van der Waals surface area contributed by atoms with Gasteiger partial charge in [-0.25, -0.2) is 17.5 Å². The maximum Gasteiger partial charge on any atom is 0.303 e. The Hall–Kier alpha value is -1.29. The Balaban J connectivity index is 2.16. The number of aliphatic carboxylic acids is 1. The summed E-state index contributed by atoms with van der Waals surface area (Å²) in [6.07, 6.45) is 2.04. The highest BCUT2D eigenvalue weighted by molar-refractivity contribution is 7.89. The van der Waals surface area contributed by atoms with Gasteiger partial charge in [0.25, 0.3) is 0 Å². The van der Waals surface area contributed by atoms with E-state index in [2.05, 4.69) is 38.6 Å². The summed E-state index contributed by atoms with van der Waals surface area (Å²) in [6, 6.07) is 3.26. The molecule has 0 heterocycles. The van der Waals surface area contributed by atoms with Crippen LogP contribution >= 0.6 is 0 Å². The molecule has 176 valence electrons. The van der Waals surface area contributed by atoms with Gasteiger partial charge in [0.15, 0.2) is 8.32 Å². The highest BCUT2D eigenvalue weighted by Crippen LogP contribution is 2.39. The van der Waals surface area contributed by atoms with Crippen molar-refractivity contribution in [2.24, 2.45) is 5.92 Å². The van der Waals surface area contributed by atoms with Gasteiger partial charge < -0.3 is 9.53 Å². The van der Waals surface area contributed by atoms with Gasteiger partial charge in [-0.05, 0) is 73.5 Å². The van der Waals surface area contributed by atoms with Crippen LogP contribution in [-0.4, -0.2) is 40.0 Å². The predicted molar refractivity (Wildman–Crippen MR) is 122 cm³/mol. The quantitative estimate of drug-likeness (QED) is 0.534. The maximum atomic E-state index is 14.0. The lowest BCUT2D eigenvalue weighted by atomic mass is 9.85. The van der Waals surface area contributed by atoms with Crippen molar-refractivity contribution < 1.29 is 27.1 Å². The van der Waals surface area contributed by atoms with Crippen LogP contribution in [0.3, 0.4) is 0 Å². The predicted octanol–water partition coefficient (Wildman–Crippen LogP) is 4.70. The van der Waals surface area contributed by atoms with E-state index < -0.39 is 30.1 Å². The van der Waals surface area contributed by atoms with Crippen LogP contribution in [0.2, 0.25) is 18.1 Å². The van der Waals surface area contributed by atoms with E-state index in [-0.39, 0.29) is 46.4 Å². The van der Waals surface area contributed by atoms with Gasteiger partial charge in [0.05, 0.1) is 4.90 Å². The number of aryl methyl sites for hydroxylation is 1. The smallest absolute Gasteiger partial charge is 0.303 e. The lowest BCUT2D eigenvalue weighted by Gasteiger charge is -2.43. The van der Waals surface area contributed by atoms with Crippen molar-refractivity contribution in [3.63, 3.8) is 0 Å². The van der Waals surface area contributed by atoms with E-state index in [1.54, 1.807) is 0 Å². The topological polar surface area (TPSA) is 92.7 Å². The minimum Gasteiger partial charge on any atom is -0.481 e. The Morgan fingerprint density at radius 2 is 1.94 bits per heavy atom. The molecule has 0 amide bonds. The van der Waals surface area contributed by atoms with E-state index in [1.807, 2.05) is 6.92 Å². The van der Waals surface area contributed by atoms with Crippen molar-refractivity contribution in [1.82, 2.24) is 4.72 Å². The summed E-state index contributed by atoms with van der Waals surface area (Å²) in [7, 11) is -5.84. The van der Waals surface area contributed by atoms with Crippen LogP contribution in [-0.2, 0) is 25.7 Å². The fraction of sp³-hybridized carbons (Fsp3) is 0.682. The number of hydrogen-bond donors (Lipinski definition) is 2. The third-order valence-corrected chi connectivity index (χ3v) is 12.7. The molecule has 1 aromatic rings. The van der Waals surface area contributed by atoms with Crippen molar-refractivity contribution in [2.45, 2.75) is 95.0 Å². The summed E-state index contributed by atoms with van der Waals surface area (Å²) in [5.74, 6) is -1.51. The second-order valence-corrected chi connectivity index (χ2v) is 16.6. The van der Waals surface area contributed by atoms with E-state index in [0.29, 0.717) is 6.42 Å². The fourth-order valence-corrected chi connectivity index (χ4v) is 6.38. The molecular weight excluding hydrogens is 437 g/mol. The lowest BCUT2D eigenvalue weighted by Crippen LogP contribution is -2.49. The van der Waals surface area contributed by atoms with Gasteiger partial charge in [0, 0.05) is 18.6 Å². The Morgan fingerprint density at radius 1 is 1.29 bits per heavy atom. The maximum absolute atomic E-state index is 14.0. The number of rotatable bonds is 8. The van der Waals surface area contributed by atoms with Crippen LogP contribution in [0.15, 0.2) is 23.1 Å². The number of carboxylic acids is 1. The first-order valence-corrected chi connectivity index (χ1v) is 15.2. The number of hydrogen-bond acceptors (Lipinski definition) is 4. The molecule has 0 aromatic heterocycles. The van der Waals surface area contributed by atoms with Gasteiger partial charge in [-0.2, -0.15) is 0 Å². The Kier molecular flexibility index (Phi) is 8.11. The van der Waals surface area contributed by atoms with Crippen LogP contribution in [0, 0.1) is 11.7 Å². The minimum absolute atomic E-state index is 0.00383. The summed E-state index contributed by atoms with van der Waals surface area (Å²) in [5, 5.41) is 8.91. The molecule has 9 heteroatoms. The Labute approximate surface area is 186 Å². The molecule has 1 aliphatic carbocycles. The van der Waals surface area contributed by atoms with Gasteiger partial charge in [0.2, 0.25) is 10.0 Å². The largest absolute Gasteiger partial charge is 0.481 e. The molecule has 31 heavy (non-hydrogen) atoms.